The molecule has 2 heterocycles. The van der Waals surface area contributed by atoms with E-state index in [1.165, 1.54) is 6.07 Å². The molecule has 0 aliphatic rings. The minimum absolute atomic E-state index is 0.388. The lowest BCUT2D eigenvalue weighted by Crippen LogP contribution is -2.06. The Morgan fingerprint density at radius 1 is 1.24 bits per heavy atom. The number of anilines is 1. The lowest BCUT2D eigenvalue weighted by molar-refractivity contribution is -0.137. The lowest BCUT2D eigenvalue weighted by atomic mass is 10.3. The average Bonchev–Trinajstić information content (AvgIpc) is 2.78. The highest BCUT2D eigenvalue weighted by Gasteiger charge is 2.30. The minimum Gasteiger partial charge on any atom is -0.366 e. The molecule has 0 bridgehead atoms. The van der Waals surface area contributed by atoms with Gasteiger partial charge in [0.15, 0.2) is 0 Å². The third-order valence-electron chi connectivity index (χ3n) is 2.12. The van der Waals surface area contributed by atoms with Gasteiger partial charge < -0.3 is 5.32 Å². The molecule has 2 aromatic rings. The fourth-order valence-electron chi connectivity index (χ4n) is 1.23. The molecule has 0 radical (unpaired) electrons. The molecule has 17 heavy (non-hydrogen) atoms. The number of rotatable bonds is 3. The number of aromatic nitrogens is 3. The molecule has 2 aromatic heterocycles. The summed E-state index contributed by atoms with van der Waals surface area (Å²) < 4.78 is 36.8. The second-order valence-electron chi connectivity index (χ2n) is 3.39. The van der Waals surface area contributed by atoms with Crippen molar-refractivity contribution in [3.8, 4) is 0 Å². The second-order valence-corrected chi connectivity index (χ2v) is 3.39. The predicted octanol–water partition coefficient (Wildman–Crippen LogP) is 2.44. The highest BCUT2D eigenvalue weighted by atomic mass is 19.4. The second kappa shape index (κ2) is 4.44. The van der Waals surface area contributed by atoms with Crippen LogP contribution in [0.5, 0.6) is 0 Å². The van der Waals surface area contributed by atoms with Gasteiger partial charge in [0.05, 0.1) is 11.8 Å². The first kappa shape index (κ1) is 11.4. The largest absolute Gasteiger partial charge is 0.417 e. The van der Waals surface area contributed by atoms with Gasteiger partial charge in [0.2, 0.25) is 0 Å². The SMILES string of the molecule is FC(F)(F)c1ccc(NCc2cn[nH]c2)nc1. The molecule has 0 saturated heterocycles. The van der Waals surface area contributed by atoms with E-state index in [2.05, 4.69) is 20.5 Å². The van der Waals surface area contributed by atoms with Crippen molar-refractivity contribution < 1.29 is 13.2 Å². The number of pyridine rings is 1. The van der Waals surface area contributed by atoms with Crippen LogP contribution >= 0.6 is 0 Å². The van der Waals surface area contributed by atoms with Crippen LogP contribution in [0.4, 0.5) is 19.0 Å². The molecule has 2 N–H and O–H groups in total. The molecule has 0 fully saturated rings. The van der Waals surface area contributed by atoms with E-state index in [0.717, 1.165) is 17.8 Å². The summed E-state index contributed by atoms with van der Waals surface area (Å²) >= 11 is 0. The van der Waals surface area contributed by atoms with Crippen molar-refractivity contribution in [1.29, 1.82) is 0 Å². The highest BCUT2D eigenvalue weighted by Crippen LogP contribution is 2.28. The van der Waals surface area contributed by atoms with Crippen molar-refractivity contribution in [2.45, 2.75) is 12.7 Å². The van der Waals surface area contributed by atoms with E-state index in [9.17, 15) is 13.2 Å². The van der Waals surface area contributed by atoms with Crippen molar-refractivity contribution in [3.63, 3.8) is 0 Å². The molecule has 2 rings (SSSR count). The van der Waals surface area contributed by atoms with Crippen LogP contribution in [-0.2, 0) is 12.7 Å². The van der Waals surface area contributed by atoms with Crippen LogP contribution in [-0.4, -0.2) is 15.2 Å². The summed E-state index contributed by atoms with van der Waals surface area (Å²) in [6.45, 7) is 0.453. The Morgan fingerprint density at radius 3 is 2.59 bits per heavy atom. The van der Waals surface area contributed by atoms with Crippen LogP contribution in [0.2, 0.25) is 0 Å². The average molecular weight is 242 g/mol. The molecule has 0 aromatic carbocycles. The number of H-pyrrole nitrogens is 1. The molecule has 0 saturated carbocycles. The van der Waals surface area contributed by atoms with Gasteiger partial charge in [0.1, 0.15) is 5.82 Å². The number of nitrogens with zero attached hydrogens (tertiary/aromatic N) is 2. The molecule has 0 aliphatic carbocycles. The van der Waals surface area contributed by atoms with Crippen LogP contribution in [0.1, 0.15) is 11.1 Å². The van der Waals surface area contributed by atoms with E-state index in [1.54, 1.807) is 12.4 Å². The predicted molar refractivity (Wildman–Crippen MR) is 55.2 cm³/mol. The maximum Gasteiger partial charge on any atom is 0.417 e. The molecular weight excluding hydrogens is 233 g/mol. The quantitative estimate of drug-likeness (QED) is 0.869. The van der Waals surface area contributed by atoms with Gasteiger partial charge in [-0.15, -0.1) is 0 Å². The van der Waals surface area contributed by atoms with Gasteiger partial charge in [0, 0.05) is 24.5 Å². The zero-order chi connectivity index (χ0) is 12.3. The molecular formula is C10H9F3N4. The number of nitrogens with one attached hydrogen (secondary N) is 2. The van der Waals surface area contributed by atoms with Crippen LogP contribution in [0, 0.1) is 0 Å². The number of hydrogen-bond donors (Lipinski definition) is 2. The Balaban J connectivity index is 1.99. The van der Waals surface area contributed by atoms with Crippen LogP contribution in [0.3, 0.4) is 0 Å². The van der Waals surface area contributed by atoms with E-state index < -0.39 is 11.7 Å². The van der Waals surface area contributed by atoms with Crippen molar-refractivity contribution in [2.75, 3.05) is 5.32 Å². The van der Waals surface area contributed by atoms with Crippen LogP contribution in [0.15, 0.2) is 30.7 Å². The van der Waals surface area contributed by atoms with Crippen molar-refractivity contribution >= 4 is 5.82 Å². The van der Waals surface area contributed by atoms with Gasteiger partial charge in [0.25, 0.3) is 0 Å². The van der Waals surface area contributed by atoms with Gasteiger partial charge >= 0.3 is 6.18 Å². The highest BCUT2D eigenvalue weighted by molar-refractivity contribution is 5.36. The normalized spacial score (nSPS) is 11.5. The number of halogens is 3. The van der Waals surface area contributed by atoms with E-state index in [1.807, 2.05) is 0 Å². The van der Waals surface area contributed by atoms with Gasteiger partial charge in [-0.1, -0.05) is 0 Å². The molecule has 0 spiro atoms. The minimum atomic E-state index is -4.35. The number of hydrogen-bond acceptors (Lipinski definition) is 3. The summed E-state index contributed by atoms with van der Waals surface area (Å²) in [7, 11) is 0. The fraction of sp³-hybridized carbons (Fsp3) is 0.200. The molecule has 4 nitrogen and oxygen atoms in total. The first-order valence-corrected chi connectivity index (χ1v) is 4.80. The van der Waals surface area contributed by atoms with E-state index >= 15 is 0 Å². The van der Waals surface area contributed by atoms with E-state index in [4.69, 9.17) is 0 Å². The standard InChI is InChI=1S/C10H9F3N4/c11-10(12,13)8-1-2-9(15-6-8)14-3-7-4-16-17-5-7/h1-2,4-6H,3H2,(H,14,15)(H,16,17). The summed E-state index contributed by atoms with van der Waals surface area (Å²) in [5, 5.41) is 9.27. The molecule has 0 unspecified atom stereocenters. The third kappa shape index (κ3) is 2.96. The van der Waals surface area contributed by atoms with Gasteiger partial charge in [-0.25, -0.2) is 4.98 Å². The smallest absolute Gasteiger partial charge is 0.366 e. The molecule has 90 valence electrons. The van der Waals surface area contributed by atoms with E-state index in [-0.39, 0.29) is 0 Å². The first-order valence-electron chi connectivity index (χ1n) is 4.80. The summed E-state index contributed by atoms with van der Waals surface area (Å²) in [6, 6.07) is 2.29. The van der Waals surface area contributed by atoms with Crippen molar-refractivity contribution in [3.05, 3.63) is 41.9 Å². The molecule has 0 amide bonds. The Hall–Kier alpha value is -2.05. The monoisotopic (exact) mass is 242 g/mol. The maximum absolute atomic E-state index is 12.3. The lowest BCUT2D eigenvalue weighted by Gasteiger charge is -2.07. The number of alkyl halides is 3. The summed E-state index contributed by atoms with van der Waals surface area (Å²) in [6.07, 6.45) is -0.234. The zero-order valence-corrected chi connectivity index (χ0v) is 8.62. The van der Waals surface area contributed by atoms with Crippen LogP contribution in [0.25, 0.3) is 0 Å². The molecule has 7 heteroatoms. The van der Waals surface area contributed by atoms with E-state index in [0.29, 0.717) is 12.4 Å². The topological polar surface area (TPSA) is 53.6 Å². The Morgan fingerprint density at radius 2 is 2.06 bits per heavy atom. The van der Waals surface area contributed by atoms with Crippen molar-refractivity contribution in [1.82, 2.24) is 15.2 Å². The third-order valence-corrected chi connectivity index (χ3v) is 2.12. The van der Waals surface area contributed by atoms with Crippen molar-refractivity contribution in [2.24, 2.45) is 0 Å². The van der Waals surface area contributed by atoms with Gasteiger partial charge in [-0.2, -0.15) is 18.3 Å². The fourth-order valence-corrected chi connectivity index (χ4v) is 1.23. The Kier molecular flexibility index (Phi) is 2.99. The summed E-state index contributed by atoms with van der Waals surface area (Å²) in [4.78, 5) is 3.68. The van der Waals surface area contributed by atoms with Gasteiger partial charge in [-0.05, 0) is 12.1 Å². The Bertz CT molecular complexity index is 461. The first-order chi connectivity index (χ1) is 8.05. The van der Waals surface area contributed by atoms with Crippen LogP contribution < -0.4 is 5.32 Å². The molecule has 0 atom stereocenters. The number of aromatic amines is 1. The van der Waals surface area contributed by atoms with Gasteiger partial charge in [-0.3, -0.25) is 5.10 Å². The molecule has 0 aliphatic heterocycles. The maximum atomic E-state index is 12.3. The zero-order valence-electron chi connectivity index (χ0n) is 8.62. The summed E-state index contributed by atoms with van der Waals surface area (Å²) in [5.74, 6) is 0.388. The Labute approximate surface area is 94.9 Å². The summed E-state index contributed by atoms with van der Waals surface area (Å²) in [5.41, 5.74) is 0.137.